The van der Waals surface area contributed by atoms with Crippen LogP contribution in [0.1, 0.15) is 149 Å². The van der Waals surface area contributed by atoms with Crippen LogP contribution >= 0.6 is 0 Å². The van der Waals surface area contributed by atoms with Crippen molar-refractivity contribution in [2.75, 3.05) is 26.4 Å². The van der Waals surface area contributed by atoms with Crippen LogP contribution in [0.15, 0.2) is 48.6 Å². The fraction of sp³-hybridized carbons (Fsp3) is 0.792. The lowest BCUT2D eigenvalue weighted by atomic mass is 9.98. The van der Waals surface area contributed by atoms with Crippen LogP contribution in [0.3, 0.4) is 0 Å². The van der Waals surface area contributed by atoms with Crippen LogP contribution in [0.2, 0.25) is 0 Å². The third kappa shape index (κ3) is 24.5. The SMILES string of the molecule is CC/C=C/C=C/C=C/C=C/CCCCCCCC(=O)OC[C@H](CO[C@@H]1O[C@H](CO[C@@H]2O[C@H](CO)[C@H](O)C(O)C2O)[C@H](O)C(O)C1O)OC(=O)CCCCCCCCCCCCCC. The summed E-state index contributed by atoms with van der Waals surface area (Å²) >= 11 is 0. The maximum absolute atomic E-state index is 12.9. The lowest BCUT2D eigenvalue weighted by Crippen LogP contribution is -2.61. The monoisotopic (exact) mass is 899 g/mol. The molecule has 0 saturated carbocycles. The lowest BCUT2D eigenvalue weighted by molar-refractivity contribution is -0.332. The molecule has 2 aliphatic rings. The van der Waals surface area contributed by atoms with Crippen LogP contribution < -0.4 is 0 Å². The Balaban J connectivity index is 1.85. The summed E-state index contributed by atoms with van der Waals surface area (Å²) < 4.78 is 33.5. The van der Waals surface area contributed by atoms with E-state index in [1.54, 1.807) is 0 Å². The van der Waals surface area contributed by atoms with Crippen LogP contribution in [0.25, 0.3) is 0 Å². The molecule has 15 nitrogen and oxygen atoms in total. The van der Waals surface area contributed by atoms with Gasteiger partial charge in [0, 0.05) is 12.8 Å². The molecule has 0 radical (unpaired) electrons. The number of carbonyl (C=O) groups is 2. The molecule has 0 aromatic carbocycles. The van der Waals surface area contributed by atoms with E-state index in [1.165, 1.54) is 51.4 Å². The Hall–Kier alpha value is -2.54. The van der Waals surface area contributed by atoms with Gasteiger partial charge < -0.3 is 64.2 Å². The Morgan fingerprint density at radius 1 is 0.524 bits per heavy atom. The van der Waals surface area contributed by atoms with E-state index in [9.17, 15) is 45.3 Å². The summed E-state index contributed by atoms with van der Waals surface area (Å²) in [6.45, 7) is 2.40. The average molecular weight is 899 g/mol. The number of hydrogen-bond donors (Lipinski definition) is 7. The number of aliphatic hydroxyl groups is 7. The first-order valence-corrected chi connectivity index (χ1v) is 23.8. The standard InChI is InChI=1S/C48H82O15/c1-3-5-7-9-11-13-15-17-18-19-21-22-24-26-28-30-39(50)58-33-36(61-40(51)31-29-27-25-23-20-16-14-12-10-8-6-4-2)34-59-47-46(57)44(55)42(53)38(63-47)35-60-48-45(56)43(54)41(52)37(32-49)62-48/h5,7,9,11,13,15,17-18,36-38,41-49,52-57H,3-4,6,8,10,12,14,16,19-35H2,1-2H3/b7-5+,11-9+,15-13+,18-17+/t36-,37-,38-,41+,42+,43?,44?,45?,46?,47-,48-/m1/s1. The van der Waals surface area contributed by atoms with Crippen molar-refractivity contribution in [3.8, 4) is 0 Å². The van der Waals surface area contributed by atoms with E-state index in [-0.39, 0.29) is 26.1 Å². The Morgan fingerprint density at radius 2 is 1.00 bits per heavy atom. The highest BCUT2D eigenvalue weighted by Crippen LogP contribution is 2.26. The molecule has 2 rings (SSSR count). The average Bonchev–Trinajstić information content (AvgIpc) is 3.28. The van der Waals surface area contributed by atoms with Crippen LogP contribution in [-0.4, -0.2) is 142 Å². The first-order valence-electron chi connectivity index (χ1n) is 23.8. The summed E-state index contributed by atoms with van der Waals surface area (Å²) in [5.41, 5.74) is 0. The van der Waals surface area contributed by atoms with Crippen molar-refractivity contribution in [3.05, 3.63) is 48.6 Å². The molecule has 15 heteroatoms. The van der Waals surface area contributed by atoms with Gasteiger partial charge in [-0.25, -0.2) is 0 Å². The summed E-state index contributed by atoms with van der Waals surface area (Å²) in [6.07, 6.45) is 20.0. The molecule has 2 saturated heterocycles. The van der Waals surface area contributed by atoms with Crippen molar-refractivity contribution >= 4 is 11.9 Å². The van der Waals surface area contributed by atoms with Crippen LogP contribution in [0, 0.1) is 0 Å². The van der Waals surface area contributed by atoms with E-state index >= 15 is 0 Å². The topological polar surface area (TPSA) is 231 Å². The fourth-order valence-corrected chi connectivity index (χ4v) is 7.23. The third-order valence-corrected chi connectivity index (χ3v) is 11.2. The van der Waals surface area contributed by atoms with Gasteiger partial charge in [0.05, 0.1) is 19.8 Å². The number of unbranched alkanes of at least 4 members (excludes halogenated alkanes) is 16. The summed E-state index contributed by atoms with van der Waals surface area (Å²) in [7, 11) is 0. The zero-order valence-corrected chi connectivity index (χ0v) is 38.0. The Bertz CT molecular complexity index is 1290. The number of esters is 2. The molecule has 2 fully saturated rings. The smallest absolute Gasteiger partial charge is 0.306 e. The van der Waals surface area contributed by atoms with Gasteiger partial charge in [0.25, 0.3) is 0 Å². The maximum atomic E-state index is 12.9. The van der Waals surface area contributed by atoms with Crippen molar-refractivity contribution in [1.82, 2.24) is 0 Å². The zero-order valence-electron chi connectivity index (χ0n) is 38.0. The maximum Gasteiger partial charge on any atom is 0.306 e. The fourth-order valence-electron chi connectivity index (χ4n) is 7.23. The van der Waals surface area contributed by atoms with E-state index in [0.29, 0.717) is 12.8 Å². The minimum atomic E-state index is -1.77. The highest BCUT2D eigenvalue weighted by atomic mass is 16.7. The molecule has 0 aliphatic carbocycles. The lowest BCUT2D eigenvalue weighted by Gasteiger charge is -2.42. The second-order valence-electron chi connectivity index (χ2n) is 16.7. The van der Waals surface area contributed by atoms with Crippen molar-refractivity contribution in [2.45, 2.75) is 216 Å². The zero-order chi connectivity index (χ0) is 46.1. The van der Waals surface area contributed by atoms with Gasteiger partial charge in [0.1, 0.15) is 55.4 Å². The molecular formula is C48H82O15. The Morgan fingerprint density at radius 3 is 1.57 bits per heavy atom. The van der Waals surface area contributed by atoms with Gasteiger partial charge in [0.2, 0.25) is 0 Å². The van der Waals surface area contributed by atoms with Gasteiger partial charge in [-0.3, -0.25) is 9.59 Å². The van der Waals surface area contributed by atoms with Gasteiger partial charge >= 0.3 is 11.9 Å². The molecule has 2 heterocycles. The molecule has 0 amide bonds. The molecule has 0 aromatic heterocycles. The van der Waals surface area contributed by atoms with Gasteiger partial charge in [-0.1, -0.05) is 152 Å². The summed E-state index contributed by atoms with van der Waals surface area (Å²) in [5.74, 6) is -0.954. The summed E-state index contributed by atoms with van der Waals surface area (Å²) in [5, 5.41) is 71.9. The molecule has 7 N–H and O–H groups in total. The van der Waals surface area contributed by atoms with Crippen molar-refractivity contribution in [1.29, 1.82) is 0 Å². The molecule has 4 unspecified atom stereocenters. The molecular weight excluding hydrogens is 817 g/mol. The third-order valence-electron chi connectivity index (χ3n) is 11.2. The van der Waals surface area contributed by atoms with E-state index < -0.39 is 92.7 Å². The molecule has 0 bridgehead atoms. The largest absolute Gasteiger partial charge is 0.462 e. The highest BCUT2D eigenvalue weighted by molar-refractivity contribution is 5.70. The predicted octanol–water partition coefficient (Wildman–Crippen LogP) is 5.54. The molecule has 0 aromatic rings. The molecule has 0 spiro atoms. The first-order chi connectivity index (χ1) is 30.5. The van der Waals surface area contributed by atoms with Gasteiger partial charge in [-0.05, 0) is 32.1 Å². The minimum absolute atomic E-state index is 0.160. The minimum Gasteiger partial charge on any atom is -0.462 e. The number of ether oxygens (including phenoxy) is 6. The first kappa shape index (κ1) is 56.6. The second-order valence-corrected chi connectivity index (χ2v) is 16.7. The van der Waals surface area contributed by atoms with Gasteiger partial charge in [-0.2, -0.15) is 0 Å². The van der Waals surface area contributed by atoms with E-state index in [0.717, 1.165) is 57.8 Å². The number of carbonyl (C=O) groups excluding carboxylic acids is 2. The van der Waals surface area contributed by atoms with Crippen LogP contribution in [0.4, 0.5) is 0 Å². The molecule has 11 atom stereocenters. The van der Waals surface area contributed by atoms with Gasteiger partial charge in [-0.15, -0.1) is 0 Å². The number of rotatable bonds is 35. The van der Waals surface area contributed by atoms with Crippen LogP contribution in [-0.2, 0) is 38.0 Å². The van der Waals surface area contributed by atoms with Crippen molar-refractivity contribution < 1.29 is 73.8 Å². The quantitative estimate of drug-likeness (QED) is 0.0235. The Kier molecular flexibility index (Phi) is 32.1. The summed E-state index contributed by atoms with van der Waals surface area (Å²) in [4.78, 5) is 25.6. The van der Waals surface area contributed by atoms with E-state index in [4.69, 9.17) is 28.4 Å². The number of hydrogen-bond acceptors (Lipinski definition) is 15. The highest BCUT2D eigenvalue weighted by Gasteiger charge is 2.47. The van der Waals surface area contributed by atoms with Crippen LogP contribution in [0.5, 0.6) is 0 Å². The normalized spacial score (nSPS) is 27.3. The predicted molar refractivity (Wildman–Crippen MR) is 238 cm³/mol. The van der Waals surface area contributed by atoms with E-state index in [1.807, 2.05) is 36.5 Å². The van der Waals surface area contributed by atoms with Gasteiger partial charge in [0.15, 0.2) is 18.7 Å². The molecule has 364 valence electrons. The number of allylic oxidation sites excluding steroid dienone is 8. The number of aliphatic hydroxyl groups excluding tert-OH is 7. The molecule has 2 aliphatic heterocycles. The van der Waals surface area contributed by atoms with Crippen molar-refractivity contribution in [2.24, 2.45) is 0 Å². The molecule has 63 heavy (non-hydrogen) atoms. The van der Waals surface area contributed by atoms with E-state index in [2.05, 4.69) is 26.0 Å². The van der Waals surface area contributed by atoms with Crippen molar-refractivity contribution in [3.63, 3.8) is 0 Å². The summed E-state index contributed by atoms with van der Waals surface area (Å²) in [6, 6.07) is 0. The Labute approximate surface area is 376 Å². The second kappa shape index (κ2) is 35.7.